The second-order valence-corrected chi connectivity index (χ2v) is 5.55. The molecular formula is C15H22ClN3O2. The van der Waals surface area contributed by atoms with Crippen molar-refractivity contribution >= 4 is 22.8 Å². The van der Waals surface area contributed by atoms with Crippen molar-refractivity contribution in [3.8, 4) is 0 Å². The number of nitrogens with zero attached hydrogens (tertiary/aromatic N) is 3. The van der Waals surface area contributed by atoms with E-state index < -0.39 is 0 Å². The summed E-state index contributed by atoms with van der Waals surface area (Å²) in [6.45, 7) is 4.83. The van der Waals surface area contributed by atoms with Gasteiger partial charge in [0.2, 0.25) is 0 Å². The zero-order chi connectivity index (χ0) is 15.1. The molecule has 0 radical (unpaired) electrons. The normalized spacial score (nSPS) is 12.9. The van der Waals surface area contributed by atoms with Crippen molar-refractivity contribution in [2.45, 2.75) is 31.7 Å². The van der Waals surface area contributed by atoms with E-state index in [0.29, 0.717) is 13.2 Å². The highest BCUT2D eigenvalue weighted by atomic mass is 35.5. The van der Waals surface area contributed by atoms with Crippen molar-refractivity contribution < 1.29 is 9.47 Å². The average molecular weight is 312 g/mol. The fraction of sp³-hybridized carbons (Fsp3) is 0.600. The highest BCUT2D eigenvalue weighted by Crippen LogP contribution is 2.23. The molecule has 2 aromatic rings. The minimum absolute atomic E-state index is 0.128. The lowest BCUT2D eigenvalue weighted by atomic mass is 10.3. The Morgan fingerprint density at radius 3 is 2.90 bits per heavy atom. The van der Waals surface area contributed by atoms with E-state index in [1.54, 1.807) is 13.3 Å². The van der Waals surface area contributed by atoms with Crippen LogP contribution in [0, 0.1) is 0 Å². The molecule has 0 amide bonds. The van der Waals surface area contributed by atoms with Gasteiger partial charge in [-0.1, -0.05) is 0 Å². The minimum Gasteiger partial charge on any atom is -0.382 e. The van der Waals surface area contributed by atoms with E-state index in [9.17, 15) is 0 Å². The lowest BCUT2D eigenvalue weighted by Gasteiger charge is -2.10. The summed E-state index contributed by atoms with van der Waals surface area (Å²) in [6.07, 6.45) is 3.79. The van der Waals surface area contributed by atoms with Crippen LogP contribution in [0.2, 0.25) is 0 Å². The van der Waals surface area contributed by atoms with Crippen LogP contribution in [0.3, 0.4) is 0 Å². The molecule has 1 unspecified atom stereocenters. The van der Waals surface area contributed by atoms with Gasteiger partial charge in [-0.2, -0.15) is 0 Å². The molecule has 21 heavy (non-hydrogen) atoms. The van der Waals surface area contributed by atoms with Gasteiger partial charge < -0.3 is 14.0 Å². The molecule has 6 heteroatoms. The molecule has 0 fully saturated rings. The first-order valence-corrected chi connectivity index (χ1v) is 7.69. The van der Waals surface area contributed by atoms with Crippen LogP contribution >= 0.6 is 11.6 Å². The van der Waals surface area contributed by atoms with Crippen LogP contribution in [0.25, 0.3) is 11.2 Å². The SMILES string of the molecule is COCCOCCCCn1c(C(C)Cl)nc2cccnc21. The summed E-state index contributed by atoms with van der Waals surface area (Å²) in [4.78, 5) is 8.99. The number of halogens is 1. The van der Waals surface area contributed by atoms with Gasteiger partial charge in [-0.3, -0.25) is 0 Å². The molecule has 0 aliphatic carbocycles. The number of alkyl halides is 1. The van der Waals surface area contributed by atoms with E-state index in [0.717, 1.165) is 43.0 Å². The molecule has 0 saturated heterocycles. The summed E-state index contributed by atoms with van der Waals surface area (Å²) in [5.74, 6) is 0.880. The number of ether oxygens (including phenoxy) is 2. The fourth-order valence-electron chi connectivity index (χ4n) is 2.22. The molecule has 0 bridgehead atoms. The molecule has 2 aromatic heterocycles. The van der Waals surface area contributed by atoms with E-state index in [1.165, 1.54) is 0 Å². The molecule has 1 atom stereocenters. The predicted molar refractivity (Wildman–Crippen MR) is 83.7 cm³/mol. The van der Waals surface area contributed by atoms with Crippen molar-refractivity contribution in [1.29, 1.82) is 0 Å². The Morgan fingerprint density at radius 1 is 1.29 bits per heavy atom. The summed E-state index contributed by atoms with van der Waals surface area (Å²) in [7, 11) is 1.68. The largest absolute Gasteiger partial charge is 0.382 e. The lowest BCUT2D eigenvalue weighted by Crippen LogP contribution is -2.07. The molecule has 5 nitrogen and oxygen atoms in total. The summed E-state index contributed by atoms with van der Waals surface area (Å²) in [5, 5.41) is -0.128. The number of pyridine rings is 1. The maximum Gasteiger partial charge on any atom is 0.160 e. The second kappa shape index (κ2) is 8.32. The molecule has 0 aromatic carbocycles. The standard InChI is InChI=1S/C15H22ClN3O2/c1-12(16)14-18-13-6-5-7-17-15(13)19(14)8-3-4-9-21-11-10-20-2/h5-7,12H,3-4,8-11H2,1-2H3. The van der Waals surface area contributed by atoms with Crippen molar-refractivity contribution in [3.05, 3.63) is 24.2 Å². The molecular weight excluding hydrogens is 290 g/mol. The van der Waals surface area contributed by atoms with Crippen molar-refractivity contribution in [2.75, 3.05) is 26.9 Å². The highest BCUT2D eigenvalue weighted by molar-refractivity contribution is 6.20. The van der Waals surface area contributed by atoms with Gasteiger partial charge >= 0.3 is 0 Å². The molecule has 0 saturated carbocycles. The molecule has 116 valence electrons. The summed E-state index contributed by atoms with van der Waals surface area (Å²) >= 11 is 6.23. The number of imidazole rings is 1. The van der Waals surface area contributed by atoms with E-state index in [-0.39, 0.29) is 5.38 Å². The number of hydrogen-bond donors (Lipinski definition) is 0. The maximum atomic E-state index is 6.23. The van der Waals surface area contributed by atoms with Gasteiger partial charge in [0.15, 0.2) is 5.65 Å². The molecule has 2 rings (SSSR count). The predicted octanol–water partition coefficient (Wildman–Crippen LogP) is 3.17. The topological polar surface area (TPSA) is 49.2 Å². The van der Waals surface area contributed by atoms with Crippen molar-refractivity contribution in [1.82, 2.24) is 14.5 Å². The van der Waals surface area contributed by atoms with Gasteiger partial charge in [-0.25, -0.2) is 9.97 Å². The number of unbranched alkanes of at least 4 members (excludes halogenated alkanes) is 1. The third-order valence-corrected chi connectivity index (χ3v) is 3.44. The zero-order valence-electron chi connectivity index (χ0n) is 12.6. The third-order valence-electron chi connectivity index (χ3n) is 3.24. The van der Waals surface area contributed by atoms with Crippen LogP contribution < -0.4 is 0 Å². The highest BCUT2D eigenvalue weighted by Gasteiger charge is 2.14. The number of aromatic nitrogens is 3. The smallest absolute Gasteiger partial charge is 0.160 e. The Bertz CT molecular complexity index is 557. The van der Waals surface area contributed by atoms with Crippen molar-refractivity contribution in [2.24, 2.45) is 0 Å². The van der Waals surface area contributed by atoms with Gasteiger partial charge in [-0.15, -0.1) is 11.6 Å². The van der Waals surface area contributed by atoms with E-state index in [4.69, 9.17) is 21.1 Å². The first-order chi connectivity index (χ1) is 10.2. The average Bonchev–Trinajstić information content (AvgIpc) is 2.85. The zero-order valence-corrected chi connectivity index (χ0v) is 13.3. The first kappa shape index (κ1) is 16.2. The van der Waals surface area contributed by atoms with Crippen molar-refractivity contribution in [3.63, 3.8) is 0 Å². The van der Waals surface area contributed by atoms with Crippen LogP contribution in [0.5, 0.6) is 0 Å². The van der Waals surface area contributed by atoms with Gasteiger partial charge in [0, 0.05) is 26.5 Å². The van der Waals surface area contributed by atoms with Crippen LogP contribution in [0.15, 0.2) is 18.3 Å². The number of rotatable bonds is 9. The molecule has 0 aliphatic heterocycles. The van der Waals surface area contributed by atoms with Crippen LogP contribution in [-0.2, 0) is 16.0 Å². The van der Waals surface area contributed by atoms with Crippen LogP contribution in [-0.4, -0.2) is 41.5 Å². The number of aryl methyl sites for hydroxylation is 1. The number of hydrogen-bond acceptors (Lipinski definition) is 4. The number of fused-ring (bicyclic) bond motifs is 1. The maximum absolute atomic E-state index is 6.23. The van der Waals surface area contributed by atoms with Gasteiger partial charge in [-0.05, 0) is 31.9 Å². The van der Waals surface area contributed by atoms with Gasteiger partial charge in [0.05, 0.1) is 18.6 Å². The Kier molecular flexibility index (Phi) is 6.42. The van der Waals surface area contributed by atoms with Crippen LogP contribution in [0.4, 0.5) is 0 Å². The van der Waals surface area contributed by atoms with E-state index in [2.05, 4.69) is 14.5 Å². The lowest BCUT2D eigenvalue weighted by molar-refractivity contribution is 0.0684. The molecule has 0 N–H and O–H groups in total. The third kappa shape index (κ3) is 4.40. The quantitative estimate of drug-likeness (QED) is 0.527. The Labute approximate surface area is 130 Å². The first-order valence-electron chi connectivity index (χ1n) is 7.26. The summed E-state index contributed by atoms with van der Waals surface area (Å²) < 4.78 is 12.5. The minimum atomic E-state index is -0.128. The molecule has 0 aliphatic rings. The molecule has 0 spiro atoms. The van der Waals surface area contributed by atoms with Crippen LogP contribution in [0.1, 0.15) is 31.0 Å². The fourth-order valence-corrected chi connectivity index (χ4v) is 2.39. The monoisotopic (exact) mass is 311 g/mol. The van der Waals surface area contributed by atoms with E-state index in [1.807, 2.05) is 19.1 Å². The second-order valence-electron chi connectivity index (χ2n) is 4.90. The summed E-state index contributed by atoms with van der Waals surface area (Å²) in [6, 6.07) is 3.86. The Balaban J connectivity index is 1.93. The number of methoxy groups -OCH3 is 1. The van der Waals surface area contributed by atoms with Gasteiger partial charge in [0.1, 0.15) is 11.3 Å². The van der Waals surface area contributed by atoms with Gasteiger partial charge in [0.25, 0.3) is 0 Å². The Hall–Kier alpha value is -1.17. The molecule has 2 heterocycles. The summed E-state index contributed by atoms with van der Waals surface area (Å²) in [5.41, 5.74) is 1.80. The Morgan fingerprint density at radius 2 is 2.14 bits per heavy atom. The van der Waals surface area contributed by atoms with E-state index >= 15 is 0 Å².